The van der Waals surface area contributed by atoms with E-state index in [9.17, 15) is 4.79 Å². The predicted octanol–water partition coefficient (Wildman–Crippen LogP) is 2.98. The summed E-state index contributed by atoms with van der Waals surface area (Å²) in [4.78, 5) is 11.4. The van der Waals surface area contributed by atoms with Gasteiger partial charge in [0.05, 0.1) is 6.54 Å². The van der Waals surface area contributed by atoms with E-state index >= 15 is 0 Å². The molecule has 0 saturated heterocycles. The molecule has 0 aliphatic heterocycles. The molecular weight excluding hydrogens is 198 g/mol. The zero-order valence-corrected chi connectivity index (χ0v) is 11.1. The van der Waals surface area contributed by atoms with Crippen molar-refractivity contribution >= 4 is 5.91 Å². The average Bonchev–Trinajstić information content (AvgIpc) is 2.19. The van der Waals surface area contributed by atoms with Crippen LogP contribution in [-0.4, -0.2) is 12.5 Å². The Morgan fingerprint density at radius 1 is 1.19 bits per heavy atom. The SMILES string of the molecule is CC(C)C#CCNC(=O)CCCCC(C)C. The number of amides is 1. The number of carbonyl (C=O) groups is 1. The summed E-state index contributed by atoms with van der Waals surface area (Å²) in [7, 11) is 0. The van der Waals surface area contributed by atoms with E-state index in [1.165, 1.54) is 6.42 Å². The van der Waals surface area contributed by atoms with Crippen LogP contribution >= 0.6 is 0 Å². The summed E-state index contributed by atoms with van der Waals surface area (Å²) in [6.45, 7) is 8.99. The lowest BCUT2D eigenvalue weighted by molar-refractivity contribution is -0.120. The summed E-state index contributed by atoms with van der Waals surface area (Å²) in [6.07, 6.45) is 3.97. The van der Waals surface area contributed by atoms with Gasteiger partial charge in [0.25, 0.3) is 0 Å². The second kappa shape index (κ2) is 9.27. The van der Waals surface area contributed by atoms with Gasteiger partial charge in [0.15, 0.2) is 0 Å². The van der Waals surface area contributed by atoms with Crippen LogP contribution in [0.1, 0.15) is 53.4 Å². The number of rotatable bonds is 6. The van der Waals surface area contributed by atoms with E-state index in [1.54, 1.807) is 0 Å². The number of nitrogens with one attached hydrogen (secondary N) is 1. The second-order valence-corrected chi connectivity index (χ2v) is 4.89. The first-order chi connectivity index (χ1) is 7.52. The number of unbranched alkanes of at least 4 members (excludes halogenated alkanes) is 1. The van der Waals surface area contributed by atoms with Gasteiger partial charge in [0.1, 0.15) is 0 Å². The third-order valence-electron chi connectivity index (χ3n) is 2.20. The highest BCUT2D eigenvalue weighted by Crippen LogP contribution is 2.07. The van der Waals surface area contributed by atoms with Gasteiger partial charge >= 0.3 is 0 Å². The van der Waals surface area contributed by atoms with Crippen LogP contribution in [0.15, 0.2) is 0 Å². The summed E-state index contributed by atoms with van der Waals surface area (Å²) >= 11 is 0. The van der Waals surface area contributed by atoms with Gasteiger partial charge in [0.2, 0.25) is 5.91 Å². The quantitative estimate of drug-likeness (QED) is 0.544. The molecule has 0 atom stereocenters. The van der Waals surface area contributed by atoms with Crippen molar-refractivity contribution in [3.8, 4) is 11.8 Å². The maximum atomic E-state index is 11.4. The molecule has 0 aliphatic carbocycles. The van der Waals surface area contributed by atoms with E-state index in [4.69, 9.17) is 0 Å². The molecule has 0 spiro atoms. The molecule has 0 radical (unpaired) electrons. The third kappa shape index (κ3) is 11.1. The lowest BCUT2D eigenvalue weighted by Gasteiger charge is -2.04. The van der Waals surface area contributed by atoms with E-state index in [0.717, 1.165) is 18.8 Å². The fourth-order valence-electron chi connectivity index (χ4n) is 1.32. The first kappa shape index (κ1) is 15.0. The first-order valence-corrected chi connectivity index (χ1v) is 6.27. The minimum absolute atomic E-state index is 0.127. The summed E-state index contributed by atoms with van der Waals surface area (Å²) in [6, 6.07) is 0. The van der Waals surface area contributed by atoms with Crippen LogP contribution in [-0.2, 0) is 4.79 Å². The standard InChI is InChI=1S/C14H25NO/c1-12(2)8-5-6-10-14(16)15-11-7-9-13(3)4/h12-13H,5-6,8,10-11H2,1-4H3,(H,15,16). The minimum atomic E-state index is 0.127. The summed E-state index contributed by atoms with van der Waals surface area (Å²) < 4.78 is 0. The van der Waals surface area contributed by atoms with E-state index in [2.05, 4.69) is 31.0 Å². The van der Waals surface area contributed by atoms with Crippen molar-refractivity contribution in [2.75, 3.05) is 6.54 Å². The molecule has 0 unspecified atom stereocenters. The Labute approximate surface area is 100 Å². The second-order valence-electron chi connectivity index (χ2n) is 4.89. The largest absolute Gasteiger partial charge is 0.345 e. The van der Waals surface area contributed by atoms with Crippen molar-refractivity contribution in [2.45, 2.75) is 53.4 Å². The number of hydrogen-bond donors (Lipinski definition) is 1. The van der Waals surface area contributed by atoms with Crippen LogP contribution in [0.5, 0.6) is 0 Å². The van der Waals surface area contributed by atoms with Crippen LogP contribution in [0.3, 0.4) is 0 Å². The molecular formula is C14H25NO. The van der Waals surface area contributed by atoms with Crippen LogP contribution in [0.25, 0.3) is 0 Å². The Balaban J connectivity index is 3.43. The highest BCUT2D eigenvalue weighted by atomic mass is 16.1. The Morgan fingerprint density at radius 2 is 1.88 bits per heavy atom. The minimum Gasteiger partial charge on any atom is -0.345 e. The van der Waals surface area contributed by atoms with Crippen LogP contribution in [0.2, 0.25) is 0 Å². The van der Waals surface area contributed by atoms with Crippen molar-refractivity contribution < 1.29 is 4.79 Å². The molecule has 2 nitrogen and oxygen atoms in total. The van der Waals surface area contributed by atoms with Crippen LogP contribution in [0, 0.1) is 23.7 Å². The molecule has 0 rings (SSSR count). The van der Waals surface area contributed by atoms with Crippen LogP contribution in [0.4, 0.5) is 0 Å². The lowest BCUT2D eigenvalue weighted by atomic mass is 10.1. The van der Waals surface area contributed by atoms with Gasteiger partial charge in [-0.15, -0.1) is 0 Å². The predicted molar refractivity (Wildman–Crippen MR) is 68.9 cm³/mol. The monoisotopic (exact) mass is 223 g/mol. The molecule has 0 aromatic rings. The third-order valence-corrected chi connectivity index (χ3v) is 2.20. The molecule has 0 bridgehead atoms. The molecule has 92 valence electrons. The van der Waals surface area contributed by atoms with Crippen molar-refractivity contribution in [3.05, 3.63) is 0 Å². The van der Waals surface area contributed by atoms with Crippen molar-refractivity contribution in [1.29, 1.82) is 0 Å². The number of hydrogen-bond acceptors (Lipinski definition) is 1. The topological polar surface area (TPSA) is 29.1 Å². The molecule has 0 aromatic carbocycles. The van der Waals surface area contributed by atoms with Gasteiger partial charge in [0, 0.05) is 12.3 Å². The highest BCUT2D eigenvalue weighted by molar-refractivity contribution is 5.76. The molecule has 0 saturated carbocycles. The maximum Gasteiger partial charge on any atom is 0.220 e. The summed E-state index contributed by atoms with van der Waals surface area (Å²) in [5.41, 5.74) is 0. The summed E-state index contributed by atoms with van der Waals surface area (Å²) in [5, 5.41) is 2.81. The van der Waals surface area contributed by atoms with E-state index in [0.29, 0.717) is 18.9 Å². The molecule has 0 fully saturated rings. The van der Waals surface area contributed by atoms with E-state index in [1.807, 2.05) is 13.8 Å². The Hall–Kier alpha value is -0.970. The van der Waals surface area contributed by atoms with Crippen molar-refractivity contribution in [3.63, 3.8) is 0 Å². The molecule has 16 heavy (non-hydrogen) atoms. The molecule has 0 heterocycles. The van der Waals surface area contributed by atoms with Gasteiger partial charge in [-0.25, -0.2) is 0 Å². The highest BCUT2D eigenvalue weighted by Gasteiger charge is 2.00. The Bertz CT molecular complexity index is 245. The fourth-order valence-corrected chi connectivity index (χ4v) is 1.32. The fraction of sp³-hybridized carbons (Fsp3) is 0.786. The first-order valence-electron chi connectivity index (χ1n) is 6.27. The van der Waals surface area contributed by atoms with Crippen molar-refractivity contribution in [1.82, 2.24) is 5.32 Å². The average molecular weight is 223 g/mol. The molecule has 0 aliphatic rings. The van der Waals surface area contributed by atoms with Gasteiger partial charge in [-0.1, -0.05) is 52.4 Å². The van der Waals surface area contributed by atoms with Gasteiger partial charge in [-0.3, -0.25) is 4.79 Å². The lowest BCUT2D eigenvalue weighted by Crippen LogP contribution is -2.23. The van der Waals surface area contributed by atoms with Gasteiger partial charge in [-0.05, 0) is 12.3 Å². The number of carbonyl (C=O) groups excluding carboxylic acids is 1. The zero-order chi connectivity index (χ0) is 12.4. The molecule has 0 aromatic heterocycles. The van der Waals surface area contributed by atoms with Gasteiger partial charge < -0.3 is 5.32 Å². The van der Waals surface area contributed by atoms with Crippen molar-refractivity contribution in [2.24, 2.45) is 11.8 Å². The molecule has 1 N–H and O–H groups in total. The van der Waals surface area contributed by atoms with E-state index in [-0.39, 0.29) is 5.91 Å². The molecule has 2 heteroatoms. The van der Waals surface area contributed by atoms with Gasteiger partial charge in [-0.2, -0.15) is 0 Å². The maximum absolute atomic E-state index is 11.4. The summed E-state index contributed by atoms with van der Waals surface area (Å²) in [5.74, 6) is 7.20. The zero-order valence-electron chi connectivity index (χ0n) is 11.1. The van der Waals surface area contributed by atoms with E-state index < -0.39 is 0 Å². The smallest absolute Gasteiger partial charge is 0.220 e. The Morgan fingerprint density at radius 3 is 2.44 bits per heavy atom. The normalized spacial score (nSPS) is 10.1. The Kier molecular flexibility index (Phi) is 8.71. The van der Waals surface area contributed by atoms with Crippen LogP contribution < -0.4 is 5.32 Å². The molecule has 1 amide bonds.